The third-order valence-corrected chi connectivity index (χ3v) is 8.14. The number of esters is 1. The van der Waals surface area contributed by atoms with Crippen molar-refractivity contribution in [3.63, 3.8) is 0 Å². The van der Waals surface area contributed by atoms with Crippen molar-refractivity contribution in [2.24, 2.45) is 0 Å². The molecule has 1 aromatic carbocycles. The number of amides is 1. The quantitative estimate of drug-likeness (QED) is 0.285. The van der Waals surface area contributed by atoms with Gasteiger partial charge in [0.25, 0.3) is 11.5 Å². The zero-order valence-electron chi connectivity index (χ0n) is 17.4. The largest absolute Gasteiger partial charge is 0.426 e. The zero-order chi connectivity index (χ0) is 22.8. The van der Waals surface area contributed by atoms with E-state index in [0.717, 1.165) is 35.0 Å². The lowest BCUT2D eigenvalue weighted by Gasteiger charge is -2.07. The minimum atomic E-state index is -0.395. The van der Waals surface area contributed by atoms with Crippen molar-refractivity contribution in [1.29, 1.82) is 0 Å². The Bertz CT molecular complexity index is 1370. The summed E-state index contributed by atoms with van der Waals surface area (Å²) in [6.45, 7) is 0. The van der Waals surface area contributed by atoms with Gasteiger partial charge in [0, 0.05) is 10.6 Å². The number of hydrogen-bond acceptors (Lipinski definition) is 8. The molecule has 4 aromatic rings. The molecule has 1 aliphatic carbocycles. The molecule has 0 aliphatic heterocycles. The third kappa shape index (κ3) is 4.87. The Morgan fingerprint density at radius 2 is 2.03 bits per heavy atom. The molecule has 0 atom stereocenters. The minimum absolute atomic E-state index is 0.0937. The molecular weight excluding hydrogens is 478 g/mol. The van der Waals surface area contributed by atoms with Crippen LogP contribution in [0.1, 0.15) is 32.4 Å². The molecule has 0 unspecified atom stereocenters. The van der Waals surface area contributed by atoms with Crippen molar-refractivity contribution >= 4 is 62.2 Å². The second-order valence-electron chi connectivity index (χ2n) is 7.47. The number of aromatic nitrogens is 2. The summed E-state index contributed by atoms with van der Waals surface area (Å²) in [5.41, 5.74) is 1.68. The summed E-state index contributed by atoms with van der Waals surface area (Å²) in [4.78, 5) is 46.9. The highest BCUT2D eigenvalue weighted by atomic mass is 32.2. The number of hydrogen-bond donors (Lipinski definition) is 2. The van der Waals surface area contributed by atoms with Crippen molar-refractivity contribution in [3.8, 4) is 5.75 Å². The van der Waals surface area contributed by atoms with Crippen LogP contribution in [-0.4, -0.2) is 27.6 Å². The molecule has 5 rings (SSSR count). The maximum Gasteiger partial charge on any atom is 0.321 e. The van der Waals surface area contributed by atoms with E-state index in [9.17, 15) is 14.4 Å². The van der Waals surface area contributed by atoms with Crippen LogP contribution in [0, 0.1) is 0 Å². The number of fused-ring (bicyclic) bond motifs is 3. The molecule has 1 amide bonds. The Morgan fingerprint density at radius 3 is 2.82 bits per heavy atom. The number of anilines is 1. The molecule has 0 saturated heterocycles. The zero-order valence-corrected chi connectivity index (χ0v) is 19.8. The van der Waals surface area contributed by atoms with Gasteiger partial charge in [0.1, 0.15) is 16.4 Å². The number of thiophene rings is 2. The third-order valence-electron chi connectivity index (χ3n) is 5.17. The van der Waals surface area contributed by atoms with Gasteiger partial charge in [0.15, 0.2) is 0 Å². The van der Waals surface area contributed by atoms with Gasteiger partial charge in [-0.3, -0.25) is 14.4 Å². The molecule has 10 heteroatoms. The van der Waals surface area contributed by atoms with E-state index in [2.05, 4.69) is 15.3 Å². The highest BCUT2D eigenvalue weighted by Gasteiger charge is 2.21. The summed E-state index contributed by atoms with van der Waals surface area (Å²) < 4.78 is 5.36. The van der Waals surface area contributed by atoms with Crippen molar-refractivity contribution in [1.82, 2.24) is 9.97 Å². The molecule has 1 aliphatic rings. The van der Waals surface area contributed by atoms with Crippen molar-refractivity contribution in [2.45, 2.75) is 25.0 Å². The number of benzene rings is 1. The second-order valence-corrected chi connectivity index (χ2v) is 10.5. The van der Waals surface area contributed by atoms with E-state index in [1.807, 2.05) is 11.4 Å². The van der Waals surface area contributed by atoms with E-state index < -0.39 is 5.97 Å². The normalized spacial score (nSPS) is 12.6. The maximum atomic E-state index is 12.5. The first kappa shape index (κ1) is 21.9. The topological polar surface area (TPSA) is 101 Å². The lowest BCUT2D eigenvalue weighted by Crippen LogP contribution is -2.13. The lowest BCUT2D eigenvalue weighted by molar-refractivity contribution is -0.131. The fraction of sp³-hybridized carbons (Fsp3) is 0.217. The first-order valence-corrected chi connectivity index (χ1v) is 13.2. The van der Waals surface area contributed by atoms with Crippen LogP contribution in [0.4, 0.5) is 5.69 Å². The molecule has 0 radical (unpaired) electrons. The number of rotatable bonds is 7. The molecule has 0 fully saturated rings. The maximum absolute atomic E-state index is 12.5. The van der Waals surface area contributed by atoms with Crippen LogP contribution < -0.4 is 15.6 Å². The summed E-state index contributed by atoms with van der Waals surface area (Å²) in [7, 11) is 0. The van der Waals surface area contributed by atoms with Crippen LogP contribution in [0.3, 0.4) is 0 Å². The molecule has 7 nitrogen and oxygen atoms in total. The van der Waals surface area contributed by atoms with Gasteiger partial charge in [0.2, 0.25) is 0 Å². The Balaban J connectivity index is 1.13. The number of nitrogens with one attached hydrogen (secondary N) is 2. The van der Waals surface area contributed by atoms with Gasteiger partial charge >= 0.3 is 5.97 Å². The van der Waals surface area contributed by atoms with Gasteiger partial charge in [0.05, 0.1) is 21.8 Å². The molecule has 0 bridgehead atoms. The average Bonchev–Trinajstić information content (AvgIpc) is 3.52. The first-order valence-electron chi connectivity index (χ1n) is 10.3. The standard InChI is InChI=1S/C23H19N3O4S3/c27-19(30-14-8-6-13(7-9-14)24-21(28)17-5-2-10-32-17)12-31-11-18-25-22(29)20-15-3-1-4-16(15)33-23(20)26-18/h2,5-10H,1,3-4,11-12H2,(H,24,28)(H,25,26,29). The fourth-order valence-corrected chi connectivity index (χ4v) is 6.27. The molecule has 3 aromatic heterocycles. The second kappa shape index (κ2) is 9.50. The fourth-order valence-electron chi connectivity index (χ4n) is 3.71. The van der Waals surface area contributed by atoms with Gasteiger partial charge in [-0.15, -0.1) is 34.4 Å². The Labute approximate surface area is 201 Å². The van der Waals surface area contributed by atoms with Crippen molar-refractivity contribution < 1.29 is 14.3 Å². The highest BCUT2D eigenvalue weighted by molar-refractivity contribution is 7.99. The van der Waals surface area contributed by atoms with E-state index >= 15 is 0 Å². The monoisotopic (exact) mass is 497 g/mol. The number of ether oxygens (including phenoxy) is 1. The summed E-state index contributed by atoms with van der Waals surface area (Å²) in [6, 6.07) is 10.2. The van der Waals surface area contributed by atoms with E-state index in [4.69, 9.17) is 4.74 Å². The number of carbonyl (C=O) groups excluding carboxylic acids is 2. The van der Waals surface area contributed by atoms with Crippen molar-refractivity contribution in [2.75, 3.05) is 11.1 Å². The van der Waals surface area contributed by atoms with Gasteiger partial charge in [-0.05, 0) is 60.5 Å². The lowest BCUT2D eigenvalue weighted by atomic mass is 10.2. The van der Waals surface area contributed by atoms with E-state index in [1.165, 1.54) is 28.0 Å². The van der Waals surface area contributed by atoms with Crippen LogP contribution in [-0.2, 0) is 23.4 Å². The predicted octanol–water partition coefficient (Wildman–Crippen LogP) is 4.63. The highest BCUT2D eigenvalue weighted by Crippen LogP contribution is 2.34. The number of aromatic amines is 1. The van der Waals surface area contributed by atoms with E-state index in [1.54, 1.807) is 41.7 Å². The number of carbonyl (C=O) groups is 2. The molecule has 3 heterocycles. The number of H-pyrrole nitrogens is 1. The summed E-state index contributed by atoms with van der Waals surface area (Å²) >= 11 is 4.30. The summed E-state index contributed by atoms with van der Waals surface area (Å²) in [6.07, 6.45) is 3.07. The smallest absolute Gasteiger partial charge is 0.321 e. The van der Waals surface area contributed by atoms with Gasteiger partial charge < -0.3 is 15.0 Å². The van der Waals surface area contributed by atoms with E-state index in [-0.39, 0.29) is 17.2 Å². The number of aryl methyl sites for hydroxylation is 2. The number of nitrogens with zero attached hydrogens (tertiary/aromatic N) is 1. The van der Waals surface area contributed by atoms with Crippen LogP contribution in [0.5, 0.6) is 5.75 Å². The predicted molar refractivity (Wildman–Crippen MR) is 133 cm³/mol. The first-order chi connectivity index (χ1) is 16.1. The van der Waals surface area contributed by atoms with E-state index in [0.29, 0.717) is 27.9 Å². The molecular formula is C23H19N3O4S3. The Kier molecular flexibility index (Phi) is 6.30. The molecule has 0 spiro atoms. The molecule has 168 valence electrons. The SMILES string of the molecule is O=C(CSCc1nc2sc3c(c2c(=O)[nH]1)CCC3)Oc1ccc(NC(=O)c2cccs2)cc1. The van der Waals surface area contributed by atoms with Crippen LogP contribution in [0.2, 0.25) is 0 Å². The van der Waals surface area contributed by atoms with Gasteiger partial charge in [-0.25, -0.2) is 4.98 Å². The average molecular weight is 498 g/mol. The molecule has 2 N–H and O–H groups in total. The van der Waals surface area contributed by atoms with Crippen LogP contribution in [0.25, 0.3) is 10.2 Å². The van der Waals surface area contributed by atoms with Gasteiger partial charge in [-0.1, -0.05) is 6.07 Å². The molecule has 33 heavy (non-hydrogen) atoms. The van der Waals surface area contributed by atoms with Crippen LogP contribution >= 0.6 is 34.4 Å². The number of thioether (sulfide) groups is 1. The summed E-state index contributed by atoms with van der Waals surface area (Å²) in [5.74, 6) is 0.930. The Morgan fingerprint density at radius 1 is 1.18 bits per heavy atom. The minimum Gasteiger partial charge on any atom is -0.426 e. The van der Waals surface area contributed by atoms with Crippen LogP contribution in [0.15, 0.2) is 46.6 Å². The molecule has 0 saturated carbocycles. The summed E-state index contributed by atoms with van der Waals surface area (Å²) in [5, 5.41) is 5.37. The Hall–Kier alpha value is -2.95. The van der Waals surface area contributed by atoms with Crippen molar-refractivity contribution in [3.05, 3.63) is 73.3 Å². The van der Waals surface area contributed by atoms with Gasteiger partial charge in [-0.2, -0.15) is 0 Å².